The smallest absolute Gasteiger partial charge is 0.342 e. The van der Waals surface area contributed by atoms with Crippen LogP contribution in [0.5, 0.6) is 11.5 Å². The van der Waals surface area contributed by atoms with Crippen molar-refractivity contribution in [2.75, 3.05) is 11.9 Å². The van der Waals surface area contributed by atoms with Crippen LogP contribution in [0.15, 0.2) is 48.5 Å². The fourth-order valence-corrected chi connectivity index (χ4v) is 2.85. The van der Waals surface area contributed by atoms with Crippen molar-refractivity contribution in [1.82, 2.24) is 9.78 Å². The SMILES string of the molecule is Cc1ccc(Oc2ccccc2NC(=O)COC(=O)c2c(C)nn(C)c2C)cc1. The molecular weight excluding hydrogens is 370 g/mol. The first-order valence-corrected chi connectivity index (χ1v) is 9.16. The number of benzene rings is 2. The lowest BCUT2D eigenvalue weighted by molar-refractivity contribution is -0.119. The molecule has 29 heavy (non-hydrogen) atoms. The molecule has 1 heterocycles. The molecule has 3 aromatic rings. The largest absolute Gasteiger partial charge is 0.455 e. The molecule has 1 aromatic heterocycles. The number of ether oxygens (including phenoxy) is 2. The average molecular weight is 393 g/mol. The van der Waals surface area contributed by atoms with Crippen LogP contribution in [0, 0.1) is 20.8 Å². The summed E-state index contributed by atoms with van der Waals surface area (Å²) in [5, 5.41) is 6.90. The van der Waals surface area contributed by atoms with Crippen LogP contribution >= 0.6 is 0 Å². The van der Waals surface area contributed by atoms with Gasteiger partial charge in [0.2, 0.25) is 0 Å². The molecule has 2 aromatic carbocycles. The number of nitrogens with zero attached hydrogens (tertiary/aromatic N) is 2. The maximum atomic E-state index is 12.3. The van der Waals surface area contributed by atoms with Gasteiger partial charge in [-0.05, 0) is 45.0 Å². The van der Waals surface area contributed by atoms with E-state index in [1.165, 1.54) is 0 Å². The maximum Gasteiger partial charge on any atom is 0.342 e. The predicted octanol–water partition coefficient (Wildman–Crippen LogP) is 3.93. The Bertz CT molecular complexity index is 1040. The minimum Gasteiger partial charge on any atom is -0.455 e. The molecule has 150 valence electrons. The highest BCUT2D eigenvalue weighted by Gasteiger charge is 2.20. The highest BCUT2D eigenvalue weighted by atomic mass is 16.5. The quantitative estimate of drug-likeness (QED) is 0.642. The van der Waals surface area contributed by atoms with E-state index in [1.54, 1.807) is 43.8 Å². The van der Waals surface area contributed by atoms with Crippen molar-refractivity contribution < 1.29 is 19.1 Å². The molecule has 1 amide bonds. The Kier molecular flexibility index (Phi) is 5.97. The molecule has 7 heteroatoms. The number of aromatic nitrogens is 2. The summed E-state index contributed by atoms with van der Waals surface area (Å²) < 4.78 is 12.6. The number of para-hydroxylation sites is 2. The van der Waals surface area contributed by atoms with Gasteiger partial charge in [0, 0.05) is 12.7 Å². The van der Waals surface area contributed by atoms with E-state index in [9.17, 15) is 9.59 Å². The first-order chi connectivity index (χ1) is 13.8. The number of rotatable bonds is 6. The van der Waals surface area contributed by atoms with Crippen molar-refractivity contribution >= 4 is 17.6 Å². The normalized spacial score (nSPS) is 10.5. The number of amides is 1. The molecule has 7 nitrogen and oxygen atoms in total. The first-order valence-electron chi connectivity index (χ1n) is 9.16. The molecule has 0 saturated carbocycles. The maximum absolute atomic E-state index is 12.3. The summed E-state index contributed by atoms with van der Waals surface area (Å²) in [4.78, 5) is 24.6. The van der Waals surface area contributed by atoms with Crippen molar-refractivity contribution in [2.24, 2.45) is 7.05 Å². The van der Waals surface area contributed by atoms with E-state index in [0.29, 0.717) is 34.1 Å². The average Bonchev–Trinajstić information content (AvgIpc) is 2.95. The molecule has 0 saturated heterocycles. The van der Waals surface area contributed by atoms with Gasteiger partial charge in [-0.2, -0.15) is 5.10 Å². The van der Waals surface area contributed by atoms with Gasteiger partial charge in [-0.1, -0.05) is 29.8 Å². The van der Waals surface area contributed by atoms with Crippen molar-refractivity contribution in [3.63, 3.8) is 0 Å². The summed E-state index contributed by atoms with van der Waals surface area (Å²) in [5.41, 5.74) is 3.24. The number of hydrogen-bond donors (Lipinski definition) is 1. The second kappa shape index (κ2) is 8.60. The van der Waals surface area contributed by atoms with Crippen LogP contribution in [0.2, 0.25) is 0 Å². The topological polar surface area (TPSA) is 82.4 Å². The van der Waals surface area contributed by atoms with Gasteiger partial charge in [0.05, 0.1) is 11.4 Å². The zero-order valence-electron chi connectivity index (χ0n) is 16.9. The molecule has 0 bridgehead atoms. The van der Waals surface area contributed by atoms with E-state index in [1.807, 2.05) is 37.3 Å². The lowest BCUT2D eigenvalue weighted by Gasteiger charge is -2.12. The van der Waals surface area contributed by atoms with Crippen LogP contribution in [-0.2, 0) is 16.6 Å². The second-order valence-corrected chi connectivity index (χ2v) is 6.71. The summed E-state index contributed by atoms with van der Waals surface area (Å²) in [6, 6.07) is 14.7. The van der Waals surface area contributed by atoms with Gasteiger partial charge in [0.1, 0.15) is 11.3 Å². The lowest BCUT2D eigenvalue weighted by Crippen LogP contribution is -2.21. The molecule has 0 fully saturated rings. The number of anilines is 1. The highest BCUT2D eigenvalue weighted by molar-refractivity contribution is 5.97. The number of esters is 1. The van der Waals surface area contributed by atoms with Crippen molar-refractivity contribution in [1.29, 1.82) is 0 Å². The number of carbonyl (C=O) groups is 2. The minimum atomic E-state index is -0.576. The Balaban J connectivity index is 1.63. The molecular formula is C22H23N3O4. The molecule has 1 N–H and O–H groups in total. The summed E-state index contributed by atoms with van der Waals surface area (Å²) in [7, 11) is 1.75. The third kappa shape index (κ3) is 4.82. The first kappa shape index (κ1) is 20.1. The van der Waals surface area contributed by atoms with Gasteiger partial charge in [-0.15, -0.1) is 0 Å². The van der Waals surface area contributed by atoms with Gasteiger partial charge in [-0.25, -0.2) is 4.79 Å². The summed E-state index contributed by atoms with van der Waals surface area (Å²) in [6.07, 6.45) is 0. The highest BCUT2D eigenvalue weighted by Crippen LogP contribution is 2.29. The summed E-state index contributed by atoms with van der Waals surface area (Å²) >= 11 is 0. The van der Waals surface area contributed by atoms with Crippen LogP contribution in [0.25, 0.3) is 0 Å². The van der Waals surface area contributed by atoms with Crippen molar-refractivity contribution in [2.45, 2.75) is 20.8 Å². The molecule has 0 radical (unpaired) electrons. The van der Waals surface area contributed by atoms with Gasteiger partial charge in [-0.3, -0.25) is 9.48 Å². The zero-order chi connectivity index (χ0) is 21.0. The molecule has 0 atom stereocenters. The van der Waals surface area contributed by atoms with Crippen molar-refractivity contribution in [3.8, 4) is 11.5 Å². The van der Waals surface area contributed by atoms with Gasteiger partial charge in [0.15, 0.2) is 12.4 Å². The standard InChI is InChI=1S/C22H23N3O4/c1-14-9-11-17(12-10-14)29-19-8-6-5-7-18(19)23-20(26)13-28-22(27)21-15(2)24-25(4)16(21)3/h5-12H,13H2,1-4H3,(H,23,26). The fraction of sp³-hybridized carbons (Fsp3) is 0.227. The number of hydrogen-bond acceptors (Lipinski definition) is 5. The second-order valence-electron chi connectivity index (χ2n) is 6.71. The Morgan fingerprint density at radius 2 is 1.72 bits per heavy atom. The van der Waals surface area contributed by atoms with E-state index < -0.39 is 18.5 Å². The third-order valence-electron chi connectivity index (χ3n) is 4.46. The predicted molar refractivity (Wildman–Crippen MR) is 109 cm³/mol. The van der Waals surface area contributed by atoms with Crippen molar-refractivity contribution in [3.05, 3.63) is 71.0 Å². The van der Waals surface area contributed by atoms with Crippen LogP contribution in [0.3, 0.4) is 0 Å². The van der Waals surface area contributed by atoms with Gasteiger partial charge >= 0.3 is 5.97 Å². The number of nitrogens with one attached hydrogen (secondary N) is 1. The summed E-state index contributed by atoms with van der Waals surface area (Å²) in [6.45, 7) is 5.08. The molecule has 0 aliphatic carbocycles. The van der Waals surface area contributed by atoms with E-state index in [-0.39, 0.29) is 0 Å². The fourth-order valence-electron chi connectivity index (χ4n) is 2.85. The van der Waals surface area contributed by atoms with E-state index in [2.05, 4.69) is 10.4 Å². The molecule has 0 spiro atoms. The van der Waals surface area contributed by atoms with Crippen LogP contribution in [0.1, 0.15) is 27.3 Å². The van der Waals surface area contributed by atoms with E-state index in [4.69, 9.17) is 9.47 Å². The van der Waals surface area contributed by atoms with E-state index in [0.717, 1.165) is 5.56 Å². The van der Waals surface area contributed by atoms with Crippen LogP contribution < -0.4 is 10.1 Å². The monoisotopic (exact) mass is 393 g/mol. The molecule has 0 unspecified atom stereocenters. The molecule has 0 aliphatic heterocycles. The molecule has 3 rings (SSSR count). The van der Waals surface area contributed by atoms with Crippen LogP contribution in [-0.4, -0.2) is 28.3 Å². The third-order valence-corrected chi connectivity index (χ3v) is 4.46. The zero-order valence-corrected chi connectivity index (χ0v) is 16.9. The Morgan fingerprint density at radius 1 is 1.03 bits per heavy atom. The Morgan fingerprint density at radius 3 is 2.38 bits per heavy atom. The Labute approximate surface area is 169 Å². The minimum absolute atomic E-state index is 0.378. The Hall–Kier alpha value is -3.61. The summed E-state index contributed by atoms with van der Waals surface area (Å²) in [5.74, 6) is 0.117. The van der Waals surface area contributed by atoms with Crippen LogP contribution in [0.4, 0.5) is 5.69 Å². The number of aryl methyl sites for hydroxylation is 3. The van der Waals surface area contributed by atoms with E-state index >= 15 is 0 Å². The molecule has 0 aliphatic rings. The number of carbonyl (C=O) groups excluding carboxylic acids is 2. The lowest BCUT2D eigenvalue weighted by atomic mass is 10.2. The van der Waals surface area contributed by atoms with Gasteiger partial charge in [0.25, 0.3) is 5.91 Å². The van der Waals surface area contributed by atoms with Gasteiger partial charge < -0.3 is 14.8 Å².